The number of aliphatic hydroxyl groups excluding tert-OH is 2. The Hall–Kier alpha value is -2.10. The number of aryl methyl sites for hydroxylation is 3. The molecule has 1 aliphatic carbocycles. The van der Waals surface area contributed by atoms with Crippen LogP contribution in [0.2, 0.25) is 0 Å². The molecule has 3 aromatic heterocycles. The van der Waals surface area contributed by atoms with E-state index in [1.807, 2.05) is 6.92 Å². The number of carbonyl (C=O) groups excluding carboxylic acids is 1. The zero-order chi connectivity index (χ0) is 19.3. The molecule has 8 nitrogen and oxygen atoms in total. The Morgan fingerprint density at radius 2 is 1.93 bits per heavy atom. The van der Waals surface area contributed by atoms with Gasteiger partial charge in [0.25, 0.3) is 5.91 Å². The number of amides is 1. The van der Waals surface area contributed by atoms with Crippen molar-refractivity contribution < 1.29 is 15.0 Å². The summed E-state index contributed by atoms with van der Waals surface area (Å²) in [5, 5.41) is 24.8. The molecule has 0 aromatic carbocycles. The van der Waals surface area contributed by atoms with Crippen LogP contribution in [0, 0.1) is 6.92 Å². The number of nitrogens with zero attached hydrogens (tertiary/aromatic N) is 5. The van der Waals surface area contributed by atoms with E-state index < -0.39 is 18.1 Å². The summed E-state index contributed by atoms with van der Waals surface area (Å²) in [5.41, 5.74) is 1.94. The molecule has 0 unspecified atom stereocenters. The minimum atomic E-state index is -0.708. The third-order valence-corrected chi connectivity index (χ3v) is 5.94. The van der Waals surface area contributed by atoms with Crippen molar-refractivity contribution >= 4 is 33.1 Å². The highest BCUT2D eigenvalue weighted by Crippen LogP contribution is 2.38. The highest BCUT2D eigenvalue weighted by molar-refractivity contribution is 7.19. The lowest BCUT2D eigenvalue weighted by Crippen LogP contribution is -2.41. The maximum atomic E-state index is 13.0. The molecule has 0 fully saturated rings. The summed E-state index contributed by atoms with van der Waals surface area (Å²) in [5.74, 6) is 0.341. The molecule has 3 heterocycles. The summed E-state index contributed by atoms with van der Waals surface area (Å²) in [7, 11) is 0. The van der Waals surface area contributed by atoms with Crippen LogP contribution in [0.1, 0.15) is 47.2 Å². The first kappa shape index (κ1) is 18.3. The van der Waals surface area contributed by atoms with E-state index in [0.717, 1.165) is 29.5 Å². The van der Waals surface area contributed by atoms with Gasteiger partial charge in [0.1, 0.15) is 10.7 Å². The van der Waals surface area contributed by atoms with E-state index in [1.165, 1.54) is 15.3 Å². The number of aromatic nitrogens is 4. The lowest BCUT2D eigenvalue weighted by Gasteiger charge is -2.23. The fraction of sp³-hybridized carbons (Fsp3) is 0.556. The maximum absolute atomic E-state index is 13.0. The Labute approximate surface area is 160 Å². The summed E-state index contributed by atoms with van der Waals surface area (Å²) in [6, 6.07) is 0. The third-order valence-electron chi connectivity index (χ3n) is 4.75. The molecule has 3 aromatic rings. The zero-order valence-corrected chi connectivity index (χ0v) is 16.5. The van der Waals surface area contributed by atoms with E-state index in [4.69, 9.17) is 0 Å². The van der Waals surface area contributed by atoms with Crippen LogP contribution in [0.15, 0.2) is 0 Å². The van der Waals surface area contributed by atoms with Crippen LogP contribution in [0.25, 0.3) is 15.9 Å². The van der Waals surface area contributed by atoms with Crippen LogP contribution in [0.3, 0.4) is 0 Å². The van der Waals surface area contributed by atoms with Crippen LogP contribution < -0.4 is 0 Å². The van der Waals surface area contributed by atoms with Gasteiger partial charge in [0.05, 0.1) is 17.6 Å². The first-order chi connectivity index (χ1) is 12.8. The molecule has 2 N–H and O–H groups in total. The summed E-state index contributed by atoms with van der Waals surface area (Å²) >= 11 is 1.70. The average molecular weight is 389 g/mol. The molecule has 1 aliphatic rings. The van der Waals surface area contributed by atoms with Crippen molar-refractivity contribution in [3.63, 3.8) is 0 Å². The van der Waals surface area contributed by atoms with Crippen LogP contribution in [-0.4, -0.2) is 65.9 Å². The van der Waals surface area contributed by atoms with E-state index in [9.17, 15) is 15.0 Å². The minimum Gasteiger partial charge on any atom is -0.392 e. The molecule has 0 saturated carbocycles. The van der Waals surface area contributed by atoms with Gasteiger partial charge in [0.15, 0.2) is 5.65 Å². The normalized spacial score (nSPS) is 16.0. The van der Waals surface area contributed by atoms with Crippen LogP contribution in [-0.2, 0) is 12.8 Å². The van der Waals surface area contributed by atoms with Crippen LogP contribution in [0.5, 0.6) is 0 Å². The van der Waals surface area contributed by atoms with Crippen molar-refractivity contribution in [3.8, 4) is 0 Å². The maximum Gasteiger partial charge on any atom is 0.293 e. The summed E-state index contributed by atoms with van der Waals surface area (Å²) < 4.78 is 1.63. The fourth-order valence-electron chi connectivity index (χ4n) is 3.70. The lowest BCUT2D eigenvalue weighted by atomic mass is 10.2. The van der Waals surface area contributed by atoms with Gasteiger partial charge in [-0.05, 0) is 45.6 Å². The van der Waals surface area contributed by atoms with Crippen molar-refractivity contribution in [1.29, 1.82) is 0 Å². The van der Waals surface area contributed by atoms with Gasteiger partial charge in [0, 0.05) is 18.0 Å². The number of aliphatic hydroxyl groups is 2. The molecule has 4 rings (SSSR count). The summed E-state index contributed by atoms with van der Waals surface area (Å²) in [6.07, 6.45) is 1.79. The molecule has 0 aliphatic heterocycles. The first-order valence-electron chi connectivity index (χ1n) is 9.18. The van der Waals surface area contributed by atoms with Gasteiger partial charge in [-0.1, -0.05) is 0 Å². The van der Waals surface area contributed by atoms with Crippen molar-refractivity contribution in [2.24, 2.45) is 0 Å². The van der Waals surface area contributed by atoms with Crippen molar-refractivity contribution in [3.05, 3.63) is 22.1 Å². The Balaban J connectivity index is 1.81. The summed E-state index contributed by atoms with van der Waals surface area (Å²) in [4.78, 5) is 25.8. The fourth-order valence-corrected chi connectivity index (χ4v) is 5.00. The zero-order valence-electron chi connectivity index (χ0n) is 15.6. The molecule has 27 heavy (non-hydrogen) atoms. The molecule has 0 radical (unpaired) electrons. The van der Waals surface area contributed by atoms with Gasteiger partial charge in [-0.3, -0.25) is 4.79 Å². The second-order valence-electron chi connectivity index (χ2n) is 7.28. The predicted molar refractivity (Wildman–Crippen MR) is 102 cm³/mol. The number of rotatable bonds is 5. The van der Waals surface area contributed by atoms with E-state index in [0.29, 0.717) is 11.5 Å². The first-order valence-corrected chi connectivity index (χ1v) is 9.99. The molecule has 0 spiro atoms. The van der Waals surface area contributed by atoms with Gasteiger partial charge in [-0.25, -0.2) is 9.97 Å². The van der Waals surface area contributed by atoms with Crippen molar-refractivity contribution in [2.75, 3.05) is 13.1 Å². The van der Waals surface area contributed by atoms with E-state index in [2.05, 4.69) is 15.1 Å². The van der Waals surface area contributed by atoms with Gasteiger partial charge in [-0.2, -0.15) is 4.52 Å². The predicted octanol–water partition coefficient (Wildman–Crippen LogP) is 1.34. The summed E-state index contributed by atoms with van der Waals surface area (Å²) in [6.45, 7) is 5.28. The van der Waals surface area contributed by atoms with Gasteiger partial charge in [0.2, 0.25) is 5.82 Å². The highest BCUT2D eigenvalue weighted by Gasteiger charge is 2.27. The van der Waals surface area contributed by atoms with Gasteiger partial charge < -0.3 is 15.1 Å². The van der Waals surface area contributed by atoms with E-state index in [1.54, 1.807) is 29.7 Å². The quantitative estimate of drug-likeness (QED) is 0.682. The number of hydrogen-bond acceptors (Lipinski definition) is 7. The second kappa shape index (κ2) is 6.81. The smallest absolute Gasteiger partial charge is 0.293 e. The average Bonchev–Trinajstić information content (AvgIpc) is 3.25. The molecular weight excluding hydrogens is 366 g/mol. The third kappa shape index (κ3) is 3.19. The highest BCUT2D eigenvalue weighted by atomic mass is 32.1. The monoisotopic (exact) mass is 389 g/mol. The number of carbonyl (C=O) groups is 1. The number of hydrogen-bond donors (Lipinski definition) is 2. The molecule has 2 atom stereocenters. The number of thiophene rings is 1. The van der Waals surface area contributed by atoms with E-state index >= 15 is 0 Å². The Morgan fingerprint density at radius 1 is 1.22 bits per heavy atom. The van der Waals surface area contributed by atoms with Gasteiger partial charge in [-0.15, -0.1) is 16.4 Å². The van der Waals surface area contributed by atoms with Gasteiger partial charge >= 0.3 is 0 Å². The van der Waals surface area contributed by atoms with Crippen molar-refractivity contribution in [1.82, 2.24) is 24.5 Å². The topological polar surface area (TPSA) is 104 Å². The number of fused-ring (bicyclic) bond motifs is 5. The molecule has 144 valence electrons. The Kier molecular flexibility index (Phi) is 4.61. The molecule has 9 heteroatoms. The largest absolute Gasteiger partial charge is 0.392 e. The minimum absolute atomic E-state index is 0.0617. The standard InChI is InChI=1S/C18H23N5O3S/c1-9(24)7-22(8-10(2)25)18(26)15-20-16-14-12-5-4-6-13(12)27-17(14)19-11(3)23(16)21-15/h9-10,24-25H,4-8H2,1-3H3/t9-,10-/m0/s1. The van der Waals surface area contributed by atoms with E-state index in [-0.39, 0.29) is 18.9 Å². The van der Waals surface area contributed by atoms with Crippen LogP contribution in [0.4, 0.5) is 0 Å². The molecule has 0 saturated heterocycles. The SMILES string of the molecule is Cc1nc2sc3c(c2c2nc(C(=O)N(C[C@H](C)O)C[C@H](C)O)nn12)CCC3. The van der Waals surface area contributed by atoms with Crippen molar-refractivity contribution in [2.45, 2.75) is 52.2 Å². The second-order valence-corrected chi connectivity index (χ2v) is 8.36. The Bertz CT molecular complexity index is 1010. The Morgan fingerprint density at radius 3 is 2.59 bits per heavy atom. The molecule has 0 bridgehead atoms. The molecular formula is C18H23N5O3S. The molecule has 1 amide bonds. The lowest BCUT2D eigenvalue weighted by molar-refractivity contribution is 0.0507. The van der Waals surface area contributed by atoms with Crippen LogP contribution >= 0.6 is 11.3 Å².